The Kier molecular flexibility index (Phi) is 38.9. The van der Waals surface area contributed by atoms with Crippen molar-refractivity contribution in [3.8, 4) is 0 Å². The van der Waals surface area contributed by atoms with E-state index in [0.29, 0.717) is 19.3 Å². The average Bonchev–Trinajstić information content (AvgIpc) is 3.12. The van der Waals surface area contributed by atoms with E-state index < -0.39 is 6.10 Å². The van der Waals surface area contributed by atoms with Crippen molar-refractivity contribution in [2.24, 2.45) is 11.8 Å². The molecule has 0 aliphatic heterocycles. The van der Waals surface area contributed by atoms with Gasteiger partial charge < -0.3 is 14.2 Å². The van der Waals surface area contributed by atoms with Crippen LogP contribution in [0, 0.1) is 11.8 Å². The van der Waals surface area contributed by atoms with Crippen LogP contribution in [0.3, 0.4) is 0 Å². The van der Waals surface area contributed by atoms with E-state index in [9.17, 15) is 14.4 Å². The van der Waals surface area contributed by atoms with E-state index in [2.05, 4.69) is 34.6 Å². The standard InChI is InChI=1S/C47H90O6/c1-6-7-8-25-32-37-45(48)51-40-44(53-47(50)39-34-29-24-20-16-15-18-22-27-31-36-43(4)5)41-52-46(49)38-33-28-23-19-14-12-10-9-11-13-17-21-26-30-35-42(2)3/h42-44H,6-41H2,1-5H3/t44-/m1/s1. The quantitative estimate of drug-likeness (QED) is 0.0352. The number of carbonyl (C=O) groups is 3. The zero-order valence-electron chi connectivity index (χ0n) is 36.1. The summed E-state index contributed by atoms with van der Waals surface area (Å²) in [5.41, 5.74) is 0. The van der Waals surface area contributed by atoms with Crippen LogP contribution in [-0.4, -0.2) is 37.2 Å². The van der Waals surface area contributed by atoms with Crippen molar-refractivity contribution >= 4 is 17.9 Å². The Hall–Kier alpha value is -1.59. The first kappa shape index (κ1) is 51.4. The highest BCUT2D eigenvalue weighted by Gasteiger charge is 2.19. The molecule has 6 nitrogen and oxygen atoms in total. The summed E-state index contributed by atoms with van der Waals surface area (Å²) in [6.45, 7) is 11.3. The second-order valence-corrected chi connectivity index (χ2v) is 17.0. The van der Waals surface area contributed by atoms with Gasteiger partial charge >= 0.3 is 17.9 Å². The van der Waals surface area contributed by atoms with Gasteiger partial charge in [0.25, 0.3) is 0 Å². The maximum absolute atomic E-state index is 12.7. The highest BCUT2D eigenvalue weighted by atomic mass is 16.6. The van der Waals surface area contributed by atoms with Gasteiger partial charge in [-0.15, -0.1) is 0 Å². The van der Waals surface area contributed by atoms with Crippen LogP contribution >= 0.6 is 0 Å². The molecular weight excluding hydrogens is 661 g/mol. The van der Waals surface area contributed by atoms with Gasteiger partial charge in [0, 0.05) is 19.3 Å². The van der Waals surface area contributed by atoms with Crippen LogP contribution in [0.1, 0.15) is 253 Å². The normalized spacial score (nSPS) is 12.1. The molecule has 0 aliphatic carbocycles. The first-order valence-electron chi connectivity index (χ1n) is 23.2. The molecule has 0 saturated carbocycles. The molecule has 1 atom stereocenters. The van der Waals surface area contributed by atoms with Gasteiger partial charge in [0.15, 0.2) is 6.10 Å². The summed E-state index contributed by atoms with van der Waals surface area (Å²) in [6.07, 6.45) is 38.3. The molecule has 0 aromatic carbocycles. The average molecular weight is 751 g/mol. The predicted molar refractivity (Wildman–Crippen MR) is 224 cm³/mol. The van der Waals surface area contributed by atoms with Crippen molar-refractivity contribution in [1.82, 2.24) is 0 Å². The van der Waals surface area contributed by atoms with Crippen LogP contribution in [0.25, 0.3) is 0 Å². The van der Waals surface area contributed by atoms with Crippen molar-refractivity contribution in [3.63, 3.8) is 0 Å². The Morgan fingerprint density at radius 2 is 0.623 bits per heavy atom. The van der Waals surface area contributed by atoms with E-state index >= 15 is 0 Å². The molecule has 0 aromatic heterocycles. The summed E-state index contributed by atoms with van der Waals surface area (Å²) in [6, 6.07) is 0. The molecule has 0 unspecified atom stereocenters. The van der Waals surface area contributed by atoms with Crippen molar-refractivity contribution in [2.75, 3.05) is 13.2 Å². The molecule has 0 aliphatic rings. The lowest BCUT2D eigenvalue weighted by Crippen LogP contribution is -2.30. The summed E-state index contributed by atoms with van der Waals surface area (Å²) in [7, 11) is 0. The Morgan fingerprint density at radius 1 is 0.358 bits per heavy atom. The monoisotopic (exact) mass is 751 g/mol. The number of rotatable bonds is 41. The molecule has 0 fully saturated rings. The first-order chi connectivity index (χ1) is 25.7. The van der Waals surface area contributed by atoms with E-state index in [0.717, 1.165) is 76.0 Å². The van der Waals surface area contributed by atoms with Crippen molar-refractivity contribution in [2.45, 2.75) is 259 Å². The van der Waals surface area contributed by atoms with Crippen LogP contribution in [0.5, 0.6) is 0 Å². The van der Waals surface area contributed by atoms with Gasteiger partial charge in [0.2, 0.25) is 0 Å². The Labute approximate surface area is 329 Å². The minimum absolute atomic E-state index is 0.0655. The molecule has 0 rings (SSSR count). The highest BCUT2D eigenvalue weighted by Crippen LogP contribution is 2.17. The summed E-state index contributed by atoms with van der Waals surface area (Å²) in [5.74, 6) is 0.791. The van der Waals surface area contributed by atoms with E-state index in [1.807, 2.05) is 0 Å². The van der Waals surface area contributed by atoms with Crippen molar-refractivity contribution in [1.29, 1.82) is 0 Å². The van der Waals surface area contributed by atoms with Crippen molar-refractivity contribution < 1.29 is 28.6 Å². The number of hydrogen-bond acceptors (Lipinski definition) is 6. The van der Waals surface area contributed by atoms with Gasteiger partial charge in [-0.2, -0.15) is 0 Å². The predicted octanol–water partition coefficient (Wildman–Crippen LogP) is 14.6. The van der Waals surface area contributed by atoms with E-state index in [-0.39, 0.29) is 31.1 Å². The number of hydrogen-bond donors (Lipinski definition) is 0. The second kappa shape index (κ2) is 40.1. The third-order valence-corrected chi connectivity index (χ3v) is 10.5. The fourth-order valence-corrected chi connectivity index (χ4v) is 6.93. The summed E-state index contributed by atoms with van der Waals surface area (Å²) < 4.78 is 16.6. The molecule has 0 N–H and O–H groups in total. The SMILES string of the molecule is CCCCCCCC(=O)OC[C@H](COC(=O)CCCCCCCCCCCCCCCCC(C)C)OC(=O)CCCCCCCCCCCCC(C)C. The zero-order valence-corrected chi connectivity index (χ0v) is 36.1. The third-order valence-electron chi connectivity index (χ3n) is 10.5. The smallest absolute Gasteiger partial charge is 0.306 e. The fraction of sp³-hybridized carbons (Fsp3) is 0.936. The van der Waals surface area contributed by atoms with Crippen LogP contribution in [0.15, 0.2) is 0 Å². The Morgan fingerprint density at radius 3 is 0.925 bits per heavy atom. The minimum Gasteiger partial charge on any atom is -0.462 e. The molecule has 0 radical (unpaired) electrons. The molecule has 0 saturated heterocycles. The van der Waals surface area contributed by atoms with Crippen LogP contribution in [0.4, 0.5) is 0 Å². The highest BCUT2D eigenvalue weighted by molar-refractivity contribution is 5.71. The molecule has 0 amide bonds. The largest absolute Gasteiger partial charge is 0.462 e. The Bertz CT molecular complexity index is 809. The van der Waals surface area contributed by atoms with E-state index in [1.54, 1.807) is 0 Å². The van der Waals surface area contributed by atoms with Gasteiger partial charge in [-0.25, -0.2) is 0 Å². The summed E-state index contributed by atoms with van der Waals surface area (Å²) in [5, 5.41) is 0. The molecule has 0 spiro atoms. The molecule has 53 heavy (non-hydrogen) atoms. The van der Waals surface area contributed by atoms with Gasteiger partial charge in [-0.3, -0.25) is 14.4 Å². The van der Waals surface area contributed by atoms with Crippen molar-refractivity contribution in [3.05, 3.63) is 0 Å². The summed E-state index contributed by atoms with van der Waals surface area (Å²) >= 11 is 0. The van der Waals surface area contributed by atoms with Gasteiger partial charge in [-0.1, -0.05) is 214 Å². The van der Waals surface area contributed by atoms with Crippen LogP contribution < -0.4 is 0 Å². The minimum atomic E-state index is -0.759. The second-order valence-electron chi connectivity index (χ2n) is 17.0. The number of unbranched alkanes of at least 4 members (excludes halogenated alkanes) is 26. The molecule has 0 aromatic rings. The van der Waals surface area contributed by atoms with Gasteiger partial charge in [0.1, 0.15) is 13.2 Å². The molecule has 0 bridgehead atoms. The number of carbonyl (C=O) groups excluding carboxylic acids is 3. The number of ether oxygens (including phenoxy) is 3. The van der Waals surface area contributed by atoms with Crippen LogP contribution in [0.2, 0.25) is 0 Å². The first-order valence-corrected chi connectivity index (χ1v) is 23.2. The van der Waals surface area contributed by atoms with E-state index in [4.69, 9.17) is 14.2 Å². The fourth-order valence-electron chi connectivity index (χ4n) is 6.93. The van der Waals surface area contributed by atoms with Gasteiger partial charge in [0.05, 0.1) is 0 Å². The lowest BCUT2D eigenvalue weighted by atomic mass is 10.0. The van der Waals surface area contributed by atoms with Crippen LogP contribution in [-0.2, 0) is 28.6 Å². The topological polar surface area (TPSA) is 78.9 Å². The lowest BCUT2D eigenvalue weighted by molar-refractivity contribution is -0.167. The molecule has 6 heteroatoms. The summed E-state index contributed by atoms with van der Waals surface area (Å²) in [4.78, 5) is 37.5. The number of esters is 3. The molecular formula is C47H90O6. The molecule has 0 heterocycles. The molecule has 314 valence electrons. The maximum atomic E-state index is 12.7. The lowest BCUT2D eigenvalue weighted by Gasteiger charge is -2.18. The van der Waals surface area contributed by atoms with E-state index in [1.165, 1.54) is 135 Å². The zero-order chi connectivity index (χ0) is 39.0. The third kappa shape index (κ3) is 41.4. The van der Waals surface area contributed by atoms with Gasteiger partial charge in [-0.05, 0) is 31.1 Å². The Balaban J connectivity index is 4.15. The maximum Gasteiger partial charge on any atom is 0.306 e.